The van der Waals surface area contributed by atoms with Crippen LogP contribution < -0.4 is 9.64 Å². The lowest BCUT2D eigenvalue weighted by Gasteiger charge is -2.32. The predicted molar refractivity (Wildman–Crippen MR) is 118 cm³/mol. The zero-order chi connectivity index (χ0) is 19.1. The van der Waals surface area contributed by atoms with Crippen LogP contribution in [0.5, 0.6) is 5.75 Å². The predicted octanol–water partition coefficient (Wildman–Crippen LogP) is 5.59. The van der Waals surface area contributed by atoms with Crippen LogP contribution in [0.2, 0.25) is 0 Å². The lowest BCUT2D eigenvalue weighted by Crippen LogP contribution is -2.35. The first kappa shape index (κ1) is 20.2. The molecule has 0 spiro atoms. The highest BCUT2D eigenvalue weighted by Gasteiger charge is 2.20. The summed E-state index contributed by atoms with van der Waals surface area (Å²) < 4.78 is 7.06. The van der Waals surface area contributed by atoms with Crippen molar-refractivity contribution in [2.45, 2.75) is 32.7 Å². The molecular formula is C23H31BrN2O. The normalized spacial score (nSPS) is 15.7. The Morgan fingerprint density at radius 3 is 2.33 bits per heavy atom. The van der Waals surface area contributed by atoms with Gasteiger partial charge in [0, 0.05) is 30.3 Å². The second-order valence-corrected chi connectivity index (χ2v) is 8.49. The number of hydrogen-bond acceptors (Lipinski definition) is 3. The molecule has 0 radical (unpaired) electrons. The van der Waals surface area contributed by atoms with Gasteiger partial charge in [0.1, 0.15) is 5.75 Å². The summed E-state index contributed by atoms with van der Waals surface area (Å²) in [6.07, 6.45) is 3.61. The van der Waals surface area contributed by atoms with Gasteiger partial charge < -0.3 is 9.64 Å². The van der Waals surface area contributed by atoms with E-state index in [4.69, 9.17) is 4.74 Å². The van der Waals surface area contributed by atoms with Gasteiger partial charge in [0.25, 0.3) is 0 Å². The third-order valence-electron chi connectivity index (χ3n) is 5.35. The summed E-state index contributed by atoms with van der Waals surface area (Å²) in [5, 5.41) is 0. The number of rotatable bonds is 8. The molecule has 1 saturated heterocycles. The molecule has 1 aliphatic heterocycles. The fourth-order valence-electron chi connectivity index (χ4n) is 3.63. The lowest BCUT2D eigenvalue weighted by atomic mass is 9.97. The van der Waals surface area contributed by atoms with Gasteiger partial charge in [0.15, 0.2) is 0 Å². The van der Waals surface area contributed by atoms with Crippen LogP contribution in [0, 0.1) is 5.92 Å². The molecule has 3 nitrogen and oxygen atoms in total. The number of benzene rings is 2. The second-order valence-electron chi connectivity index (χ2n) is 7.57. The number of ether oxygens (including phenoxy) is 1. The van der Waals surface area contributed by atoms with E-state index in [2.05, 4.69) is 64.0 Å². The van der Waals surface area contributed by atoms with E-state index < -0.39 is 0 Å². The molecule has 4 heteroatoms. The first-order valence-electron chi connectivity index (χ1n) is 10.0. The zero-order valence-corrected chi connectivity index (χ0v) is 18.1. The maximum Gasteiger partial charge on any atom is 0.119 e. The van der Waals surface area contributed by atoms with Crippen molar-refractivity contribution in [3.63, 3.8) is 0 Å². The molecule has 0 atom stereocenters. The van der Waals surface area contributed by atoms with Crippen molar-refractivity contribution in [3.05, 3.63) is 58.6 Å². The van der Waals surface area contributed by atoms with Crippen molar-refractivity contribution in [3.8, 4) is 5.75 Å². The van der Waals surface area contributed by atoms with Gasteiger partial charge in [0.2, 0.25) is 0 Å². The molecule has 0 bridgehead atoms. The summed E-state index contributed by atoms with van der Waals surface area (Å²) in [7, 11) is 2.17. The van der Waals surface area contributed by atoms with E-state index in [-0.39, 0.29) is 0 Å². The van der Waals surface area contributed by atoms with E-state index in [1.807, 2.05) is 24.3 Å². The molecule has 0 unspecified atom stereocenters. The molecule has 0 saturated carbocycles. The maximum absolute atomic E-state index is 5.97. The quantitative estimate of drug-likeness (QED) is 0.542. The van der Waals surface area contributed by atoms with Gasteiger partial charge in [-0.05, 0) is 80.2 Å². The molecule has 0 N–H and O–H groups in total. The minimum Gasteiger partial charge on any atom is -0.493 e. The molecule has 0 amide bonds. The summed E-state index contributed by atoms with van der Waals surface area (Å²) >= 11 is 3.46. The van der Waals surface area contributed by atoms with Gasteiger partial charge >= 0.3 is 0 Å². The van der Waals surface area contributed by atoms with Crippen molar-refractivity contribution in [2.24, 2.45) is 5.92 Å². The molecule has 3 rings (SSSR count). The summed E-state index contributed by atoms with van der Waals surface area (Å²) in [4.78, 5) is 4.89. The average Bonchev–Trinajstić information content (AvgIpc) is 2.69. The number of likely N-dealkylation sites (tertiary alicyclic amines) is 1. The van der Waals surface area contributed by atoms with Crippen molar-refractivity contribution >= 4 is 21.6 Å². The summed E-state index contributed by atoms with van der Waals surface area (Å²) in [6, 6.07) is 17.2. The molecule has 2 aromatic rings. The van der Waals surface area contributed by atoms with Crippen LogP contribution in [-0.4, -0.2) is 38.2 Å². The van der Waals surface area contributed by atoms with Crippen LogP contribution in [-0.2, 0) is 6.54 Å². The Morgan fingerprint density at radius 2 is 1.70 bits per heavy atom. The third kappa shape index (κ3) is 6.25. The van der Waals surface area contributed by atoms with Crippen molar-refractivity contribution in [1.29, 1.82) is 0 Å². The Labute approximate surface area is 172 Å². The van der Waals surface area contributed by atoms with Crippen LogP contribution >= 0.6 is 15.9 Å². The molecule has 27 heavy (non-hydrogen) atoms. The van der Waals surface area contributed by atoms with Crippen LogP contribution in [0.15, 0.2) is 53.0 Å². The number of halogens is 1. The summed E-state index contributed by atoms with van der Waals surface area (Å²) in [5.41, 5.74) is 2.72. The summed E-state index contributed by atoms with van der Waals surface area (Å²) in [6.45, 7) is 7.53. The molecule has 2 aromatic carbocycles. The van der Waals surface area contributed by atoms with Crippen LogP contribution in [0.25, 0.3) is 0 Å². The van der Waals surface area contributed by atoms with Gasteiger partial charge in [-0.2, -0.15) is 0 Å². The minimum atomic E-state index is 0.662. The number of anilines is 1. The standard InChI is InChI=1S/C23H31BrN2O/c1-3-14-25(2)22-8-4-19(5-9-22)17-26-15-12-20(13-16-26)18-27-23-10-6-21(24)7-11-23/h4-11,20H,3,12-18H2,1-2H3. The molecule has 146 valence electrons. The smallest absolute Gasteiger partial charge is 0.119 e. The SMILES string of the molecule is CCCN(C)c1ccc(CN2CCC(COc3ccc(Br)cc3)CC2)cc1. The van der Waals surface area contributed by atoms with Gasteiger partial charge in [-0.3, -0.25) is 4.90 Å². The second kappa shape index (κ2) is 10.1. The van der Waals surface area contributed by atoms with E-state index in [9.17, 15) is 0 Å². The molecular weight excluding hydrogens is 400 g/mol. The number of piperidine rings is 1. The lowest BCUT2D eigenvalue weighted by molar-refractivity contribution is 0.136. The Balaban J connectivity index is 1.40. The van der Waals surface area contributed by atoms with Crippen molar-refractivity contribution in [2.75, 3.05) is 38.2 Å². The van der Waals surface area contributed by atoms with E-state index in [0.717, 1.165) is 43.0 Å². The van der Waals surface area contributed by atoms with Crippen LogP contribution in [0.3, 0.4) is 0 Å². The topological polar surface area (TPSA) is 15.7 Å². The summed E-state index contributed by atoms with van der Waals surface area (Å²) in [5.74, 6) is 1.63. The fraction of sp³-hybridized carbons (Fsp3) is 0.478. The highest BCUT2D eigenvalue weighted by atomic mass is 79.9. The molecule has 1 heterocycles. The highest BCUT2D eigenvalue weighted by molar-refractivity contribution is 9.10. The Morgan fingerprint density at radius 1 is 1.04 bits per heavy atom. The zero-order valence-electron chi connectivity index (χ0n) is 16.5. The van der Waals surface area contributed by atoms with Crippen molar-refractivity contribution in [1.82, 2.24) is 4.90 Å². The van der Waals surface area contributed by atoms with Gasteiger partial charge in [-0.25, -0.2) is 0 Å². The Bertz CT molecular complexity index is 679. The van der Waals surface area contributed by atoms with E-state index in [1.165, 1.54) is 30.5 Å². The first-order chi connectivity index (χ1) is 13.1. The van der Waals surface area contributed by atoms with Gasteiger partial charge in [-0.15, -0.1) is 0 Å². The average molecular weight is 431 g/mol. The monoisotopic (exact) mass is 430 g/mol. The first-order valence-corrected chi connectivity index (χ1v) is 10.8. The van der Waals surface area contributed by atoms with E-state index >= 15 is 0 Å². The number of hydrogen-bond donors (Lipinski definition) is 0. The van der Waals surface area contributed by atoms with Gasteiger partial charge in [0.05, 0.1) is 6.61 Å². The molecule has 1 fully saturated rings. The van der Waals surface area contributed by atoms with Crippen LogP contribution in [0.4, 0.5) is 5.69 Å². The maximum atomic E-state index is 5.97. The number of nitrogens with zero attached hydrogens (tertiary/aromatic N) is 2. The Kier molecular flexibility index (Phi) is 7.59. The Hall–Kier alpha value is -1.52. The van der Waals surface area contributed by atoms with Crippen LogP contribution in [0.1, 0.15) is 31.7 Å². The molecule has 0 aliphatic carbocycles. The molecule has 0 aromatic heterocycles. The van der Waals surface area contributed by atoms with E-state index in [1.54, 1.807) is 0 Å². The highest BCUT2D eigenvalue weighted by Crippen LogP contribution is 2.22. The molecule has 1 aliphatic rings. The van der Waals surface area contributed by atoms with E-state index in [0.29, 0.717) is 5.92 Å². The minimum absolute atomic E-state index is 0.662. The third-order valence-corrected chi connectivity index (χ3v) is 5.88. The largest absolute Gasteiger partial charge is 0.493 e. The van der Waals surface area contributed by atoms with Crippen molar-refractivity contribution < 1.29 is 4.74 Å². The van der Waals surface area contributed by atoms with Gasteiger partial charge in [-0.1, -0.05) is 35.0 Å². The fourth-order valence-corrected chi connectivity index (χ4v) is 3.90.